The van der Waals surface area contributed by atoms with Gasteiger partial charge in [-0.2, -0.15) is 0 Å². The number of nitrogens with zero attached hydrogens (tertiary/aromatic N) is 1. The predicted molar refractivity (Wildman–Crippen MR) is 89.3 cm³/mol. The highest BCUT2D eigenvalue weighted by atomic mass is 16.5. The summed E-state index contributed by atoms with van der Waals surface area (Å²) in [6.45, 7) is 8.92. The van der Waals surface area contributed by atoms with Crippen LogP contribution < -0.4 is 4.74 Å². The zero-order valence-electron chi connectivity index (χ0n) is 13.9. The predicted octanol–water partition coefficient (Wildman–Crippen LogP) is 3.08. The molecule has 2 N–H and O–H groups in total. The van der Waals surface area contributed by atoms with E-state index >= 15 is 0 Å². The molecule has 1 aliphatic heterocycles. The van der Waals surface area contributed by atoms with Crippen molar-refractivity contribution in [2.75, 3.05) is 20.2 Å². The summed E-state index contributed by atoms with van der Waals surface area (Å²) in [6, 6.07) is 6.16. The molecule has 0 aliphatic carbocycles. The Labute approximate surface area is 132 Å². The number of ether oxygens (including phenoxy) is 1. The van der Waals surface area contributed by atoms with Crippen molar-refractivity contribution in [3.63, 3.8) is 0 Å². The Morgan fingerprint density at radius 2 is 2.18 bits per heavy atom. The number of aryl methyl sites for hydroxylation is 1. The number of aromatic nitrogens is 1. The number of fused-ring (bicyclic) bond motifs is 1. The van der Waals surface area contributed by atoms with Crippen LogP contribution in [0.1, 0.15) is 31.5 Å². The van der Waals surface area contributed by atoms with Gasteiger partial charge in [-0.25, -0.2) is 0 Å². The normalized spacial score (nSPS) is 20.0. The largest absolute Gasteiger partial charge is 0.497 e. The molecule has 2 aromatic rings. The van der Waals surface area contributed by atoms with E-state index in [1.165, 1.54) is 16.6 Å². The topological polar surface area (TPSA) is 48.5 Å². The second-order valence-corrected chi connectivity index (χ2v) is 7.01. The summed E-state index contributed by atoms with van der Waals surface area (Å²) in [5, 5.41) is 11.4. The highest BCUT2D eigenvalue weighted by Crippen LogP contribution is 2.30. The summed E-state index contributed by atoms with van der Waals surface area (Å²) in [7, 11) is 1.70. The third-order valence-electron chi connectivity index (χ3n) is 5.02. The quantitative estimate of drug-likeness (QED) is 0.912. The SMILES string of the molecule is COc1ccc2[nH]c(CN3CCC(C(C)(C)O)C3)c(C)c2c1. The molecule has 4 heteroatoms. The van der Waals surface area contributed by atoms with Crippen LogP contribution >= 0.6 is 0 Å². The first kappa shape index (κ1) is 15.4. The molecule has 0 spiro atoms. The van der Waals surface area contributed by atoms with E-state index in [1.54, 1.807) is 7.11 Å². The van der Waals surface area contributed by atoms with E-state index < -0.39 is 5.60 Å². The van der Waals surface area contributed by atoms with E-state index in [4.69, 9.17) is 4.74 Å². The van der Waals surface area contributed by atoms with Crippen molar-refractivity contribution < 1.29 is 9.84 Å². The van der Waals surface area contributed by atoms with Gasteiger partial charge in [-0.05, 0) is 57.5 Å². The number of nitrogens with one attached hydrogen (secondary N) is 1. The van der Waals surface area contributed by atoms with E-state index in [0.29, 0.717) is 5.92 Å². The Morgan fingerprint density at radius 1 is 1.41 bits per heavy atom. The first-order chi connectivity index (χ1) is 10.4. The van der Waals surface area contributed by atoms with Crippen LogP contribution in [0.25, 0.3) is 10.9 Å². The number of methoxy groups -OCH3 is 1. The summed E-state index contributed by atoms with van der Waals surface area (Å²) in [5.74, 6) is 1.25. The molecule has 1 unspecified atom stereocenters. The average molecular weight is 302 g/mol. The molecule has 4 nitrogen and oxygen atoms in total. The van der Waals surface area contributed by atoms with Crippen molar-refractivity contribution >= 4 is 10.9 Å². The molecular formula is C18H26N2O2. The van der Waals surface area contributed by atoms with Gasteiger partial charge in [-0.1, -0.05) is 0 Å². The van der Waals surface area contributed by atoms with Crippen molar-refractivity contribution in [2.24, 2.45) is 5.92 Å². The van der Waals surface area contributed by atoms with Crippen LogP contribution in [-0.2, 0) is 6.54 Å². The maximum atomic E-state index is 10.2. The molecule has 1 aliphatic rings. The van der Waals surface area contributed by atoms with Crippen molar-refractivity contribution in [3.8, 4) is 5.75 Å². The highest BCUT2D eigenvalue weighted by Gasteiger charge is 2.33. The number of hydrogen-bond acceptors (Lipinski definition) is 3. The van der Waals surface area contributed by atoms with Gasteiger partial charge in [0.25, 0.3) is 0 Å². The fraction of sp³-hybridized carbons (Fsp3) is 0.556. The second-order valence-electron chi connectivity index (χ2n) is 7.01. The van der Waals surface area contributed by atoms with Gasteiger partial charge in [0, 0.05) is 35.6 Å². The van der Waals surface area contributed by atoms with Gasteiger partial charge in [0.05, 0.1) is 12.7 Å². The number of rotatable bonds is 4. The fourth-order valence-corrected chi connectivity index (χ4v) is 3.42. The zero-order valence-corrected chi connectivity index (χ0v) is 13.9. The molecule has 2 heterocycles. The highest BCUT2D eigenvalue weighted by molar-refractivity contribution is 5.85. The lowest BCUT2D eigenvalue weighted by molar-refractivity contribution is 0.0207. The van der Waals surface area contributed by atoms with Gasteiger partial charge >= 0.3 is 0 Å². The Kier molecular flexibility index (Phi) is 3.91. The van der Waals surface area contributed by atoms with Crippen LogP contribution in [0.3, 0.4) is 0 Å². The molecule has 0 radical (unpaired) electrons. The minimum atomic E-state index is -0.586. The Balaban J connectivity index is 1.79. The first-order valence-electron chi connectivity index (χ1n) is 7.98. The lowest BCUT2D eigenvalue weighted by atomic mass is 9.90. The molecule has 120 valence electrons. The number of benzene rings is 1. The van der Waals surface area contributed by atoms with Crippen LogP contribution in [0.2, 0.25) is 0 Å². The Morgan fingerprint density at radius 3 is 2.82 bits per heavy atom. The van der Waals surface area contributed by atoms with E-state index in [2.05, 4.69) is 28.9 Å². The molecule has 1 aromatic heterocycles. The first-order valence-corrected chi connectivity index (χ1v) is 7.98. The fourth-order valence-electron chi connectivity index (χ4n) is 3.42. The lowest BCUT2D eigenvalue weighted by Crippen LogP contribution is -2.33. The van der Waals surface area contributed by atoms with Crippen LogP contribution in [-0.4, -0.2) is 40.8 Å². The van der Waals surface area contributed by atoms with Crippen LogP contribution in [0.5, 0.6) is 5.75 Å². The summed E-state index contributed by atoms with van der Waals surface area (Å²) >= 11 is 0. The third kappa shape index (κ3) is 2.85. The lowest BCUT2D eigenvalue weighted by Gasteiger charge is -2.25. The number of H-pyrrole nitrogens is 1. The molecule has 1 atom stereocenters. The van der Waals surface area contributed by atoms with Gasteiger partial charge in [-0.15, -0.1) is 0 Å². The van der Waals surface area contributed by atoms with E-state index in [0.717, 1.165) is 37.3 Å². The maximum Gasteiger partial charge on any atom is 0.119 e. The number of aliphatic hydroxyl groups is 1. The summed E-state index contributed by atoms with van der Waals surface area (Å²) in [4.78, 5) is 5.96. The van der Waals surface area contributed by atoms with E-state index in [9.17, 15) is 5.11 Å². The van der Waals surface area contributed by atoms with Gasteiger partial charge in [0.15, 0.2) is 0 Å². The van der Waals surface area contributed by atoms with Crippen molar-refractivity contribution in [1.29, 1.82) is 0 Å². The molecule has 1 aromatic carbocycles. The van der Waals surface area contributed by atoms with Crippen LogP contribution in [0.15, 0.2) is 18.2 Å². The van der Waals surface area contributed by atoms with Crippen molar-refractivity contribution in [3.05, 3.63) is 29.5 Å². The van der Waals surface area contributed by atoms with Gasteiger partial charge in [-0.3, -0.25) is 4.90 Å². The Hall–Kier alpha value is -1.52. The molecule has 0 saturated carbocycles. The Bertz CT molecular complexity index is 670. The van der Waals surface area contributed by atoms with Crippen LogP contribution in [0.4, 0.5) is 0 Å². The molecule has 3 rings (SSSR count). The molecule has 0 bridgehead atoms. The number of aromatic amines is 1. The molecule has 1 saturated heterocycles. The third-order valence-corrected chi connectivity index (χ3v) is 5.02. The maximum absolute atomic E-state index is 10.2. The van der Waals surface area contributed by atoms with Crippen LogP contribution in [0, 0.1) is 12.8 Å². The minimum Gasteiger partial charge on any atom is -0.497 e. The minimum absolute atomic E-state index is 0.359. The average Bonchev–Trinajstić information content (AvgIpc) is 3.05. The molecule has 22 heavy (non-hydrogen) atoms. The number of likely N-dealkylation sites (tertiary alicyclic amines) is 1. The summed E-state index contributed by atoms with van der Waals surface area (Å²) in [5.41, 5.74) is 3.13. The van der Waals surface area contributed by atoms with Gasteiger partial charge < -0.3 is 14.8 Å². The van der Waals surface area contributed by atoms with Crippen molar-refractivity contribution in [2.45, 2.75) is 39.3 Å². The van der Waals surface area contributed by atoms with E-state index in [-0.39, 0.29) is 0 Å². The van der Waals surface area contributed by atoms with Gasteiger partial charge in [0.1, 0.15) is 5.75 Å². The van der Waals surface area contributed by atoms with Crippen molar-refractivity contribution in [1.82, 2.24) is 9.88 Å². The smallest absolute Gasteiger partial charge is 0.119 e. The molecule has 1 fully saturated rings. The van der Waals surface area contributed by atoms with Gasteiger partial charge in [0.2, 0.25) is 0 Å². The summed E-state index contributed by atoms with van der Waals surface area (Å²) < 4.78 is 5.32. The zero-order chi connectivity index (χ0) is 15.9. The van der Waals surface area contributed by atoms with E-state index in [1.807, 2.05) is 19.9 Å². The number of hydrogen-bond donors (Lipinski definition) is 2. The second kappa shape index (κ2) is 5.60. The monoisotopic (exact) mass is 302 g/mol. The molecular weight excluding hydrogens is 276 g/mol. The molecule has 0 amide bonds. The standard InChI is InChI=1S/C18H26N2O2/c1-12-15-9-14(22-4)5-6-16(15)19-17(12)11-20-8-7-13(10-20)18(2,3)21/h5-6,9,13,19,21H,7-8,10-11H2,1-4H3. The summed E-state index contributed by atoms with van der Waals surface area (Å²) in [6.07, 6.45) is 1.07.